The molecule has 0 fully saturated rings. The van der Waals surface area contributed by atoms with Crippen LogP contribution >= 0.6 is 0 Å². The molecular weight excluding hydrogens is 254 g/mol. The van der Waals surface area contributed by atoms with Crippen LogP contribution in [0.4, 0.5) is 0 Å². The van der Waals surface area contributed by atoms with Gasteiger partial charge in [0.2, 0.25) is 0 Å². The van der Waals surface area contributed by atoms with Crippen LogP contribution in [0.1, 0.15) is 0 Å². The van der Waals surface area contributed by atoms with Crippen molar-refractivity contribution in [2.24, 2.45) is 0 Å². The summed E-state index contributed by atoms with van der Waals surface area (Å²) in [5.41, 5.74) is 0. The summed E-state index contributed by atoms with van der Waals surface area (Å²) in [6, 6.07) is 0. The number of carbonyl (C=O) groups excluding carboxylic acids is 4. The predicted octanol–water partition coefficient (Wildman–Crippen LogP) is -7.69. The van der Waals surface area contributed by atoms with Crippen molar-refractivity contribution in [2.45, 2.75) is 0 Å². The van der Waals surface area contributed by atoms with Gasteiger partial charge in [-0.15, -0.1) is 0 Å². The minimum absolute atomic E-state index is 0. The Morgan fingerprint density at radius 3 is 0.667 bits per heavy atom. The molecule has 0 amide bonds. The van der Waals surface area contributed by atoms with Crippen molar-refractivity contribution in [3.63, 3.8) is 0 Å². The Bertz CT molecular complexity index is 178. The van der Waals surface area contributed by atoms with Gasteiger partial charge in [-0.1, -0.05) is 0 Å². The van der Waals surface area contributed by atoms with Crippen LogP contribution < -0.4 is 26.6 Å². The largest absolute Gasteiger partial charge is 4.00 e. The Morgan fingerprint density at radius 2 is 0.667 bits per heavy atom. The van der Waals surface area contributed by atoms with Crippen LogP contribution in [0, 0.1) is 0 Å². The molecule has 0 aromatic heterocycles. The maximum absolute atomic E-state index is 8.93. The van der Waals surface area contributed by atoms with E-state index in [1.807, 2.05) is 0 Å². The second-order valence-electron chi connectivity index (χ2n) is 1.15. The molecule has 0 aliphatic rings. The fourth-order valence-electron chi connectivity index (χ4n) is 0. The van der Waals surface area contributed by atoms with Crippen LogP contribution in [0.2, 0.25) is 0 Å². The number of carboxylic acid groups (broad SMARTS) is 4. The summed E-state index contributed by atoms with van der Waals surface area (Å²) in [7, 11) is 0. The zero-order valence-corrected chi connectivity index (χ0v) is 8.53. The minimum atomic E-state index is -2.19. The van der Waals surface area contributed by atoms with Crippen LogP contribution in [0.15, 0.2) is 0 Å². The first-order valence-corrected chi connectivity index (χ1v) is 2.13. The summed E-state index contributed by atoms with van der Waals surface area (Å²) in [6.07, 6.45) is 0. The number of rotatable bonds is 0. The van der Waals surface area contributed by atoms with Crippen LogP contribution in [0.3, 0.4) is 0 Å². The van der Waals surface area contributed by atoms with Crippen molar-refractivity contribution in [3.8, 4) is 0 Å². The molecule has 84 valence electrons. The molecule has 0 aromatic rings. The molecule has 0 saturated heterocycles. The third kappa shape index (κ3) is 32.6. The summed E-state index contributed by atoms with van der Waals surface area (Å²) in [4.78, 5) is 35.7. The van der Waals surface area contributed by atoms with Crippen molar-refractivity contribution in [2.75, 3.05) is 0 Å². The molecule has 11 heteroatoms. The molecule has 0 saturated carbocycles. The van der Waals surface area contributed by atoms with Crippen molar-refractivity contribution in [1.82, 2.24) is 6.15 Å². The van der Waals surface area contributed by atoms with Gasteiger partial charge in [-0.25, -0.2) is 0 Å². The summed E-state index contributed by atoms with van der Waals surface area (Å²) >= 11 is 0. The molecular formula is C4H5NO9Ti. The van der Waals surface area contributed by atoms with Gasteiger partial charge in [-0.3, -0.25) is 0 Å². The monoisotopic (exact) mass is 259 g/mol. The zero-order valence-electron chi connectivity index (χ0n) is 6.97. The number of hydrogen-bond donors (Lipinski definition) is 1. The number of aliphatic carboxylic acids is 4. The van der Waals surface area contributed by atoms with Crippen LogP contribution in [-0.2, 0) is 40.9 Å². The Labute approximate surface area is 97.3 Å². The van der Waals surface area contributed by atoms with E-state index < -0.39 is 23.9 Å². The Balaban J connectivity index is -0.0000000370. The van der Waals surface area contributed by atoms with Crippen molar-refractivity contribution >= 4 is 23.9 Å². The summed E-state index contributed by atoms with van der Waals surface area (Å²) in [6.45, 7) is 0. The first-order valence-electron chi connectivity index (χ1n) is 2.13. The molecule has 0 atom stereocenters. The van der Waals surface area contributed by atoms with Gasteiger partial charge >= 0.3 is 21.7 Å². The van der Waals surface area contributed by atoms with Gasteiger partial charge in [-0.05, 0) is 0 Å². The van der Waals surface area contributed by atoms with Crippen LogP contribution in [0.25, 0.3) is 0 Å². The van der Waals surface area contributed by atoms with Gasteiger partial charge in [0.1, 0.15) is 0 Å². The molecule has 0 aliphatic heterocycles. The molecule has 0 aliphatic carbocycles. The van der Waals surface area contributed by atoms with E-state index >= 15 is 0 Å². The molecule has 0 bridgehead atoms. The smallest absolute Gasteiger partial charge is 0.543 e. The first kappa shape index (κ1) is 29.2. The van der Waals surface area contributed by atoms with Crippen LogP contribution in [-0.4, -0.2) is 29.4 Å². The topological polar surface area (TPSA) is 227 Å². The maximum atomic E-state index is 8.93. The molecule has 5 N–H and O–H groups in total. The maximum Gasteiger partial charge on any atom is 4.00 e. The molecule has 0 unspecified atom stereocenters. The molecule has 0 radical (unpaired) electrons. The van der Waals surface area contributed by atoms with E-state index in [4.69, 9.17) is 39.6 Å². The fraction of sp³-hybridized carbons (Fsp3) is 0. The number of hydrogen-bond acceptors (Lipinski definition) is 9. The molecule has 0 heterocycles. The summed E-state index contributed by atoms with van der Waals surface area (Å²) in [5.74, 6) is -8.74. The van der Waals surface area contributed by atoms with E-state index in [0.29, 0.717) is 0 Å². The third-order valence-electron chi connectivity index (χ3n) is 0.333. The molecule has 0 aromatic carbocycles. The Kier molecular flexibility index (Phi) is 29.2. The van der Waals surface area contributed by atoms with Crippen molar-refractivity contribution in [1.29, 1.82) is 0 Å². The first-order chi connectivity index (χ1) is 5.29. The number of carboxylic acids is 4. The second-order valence-corrected chi connectivity index (χ2v) is 1.15. The van der Waals surface area contributed by atoms with Crippen LogP contribution in [0.5, 0.6) is 0 Å². The predicted molar refractivity (Wildman–Crippen MR) is 28.7 cm³/mol. The van der Waals surface area contributed by atoms with Gasteiger partial charge in [0, 0.05) is 0 Å². The minimum Gasteiger partial charge on any atom is -0.543 e. The quantitative estimate of drug-likeness (QED) is 0.321. The van der Waals surface area contributed by atoms with Crippen molar-refractivity contribution in [3.05, 3.63) is 0 Å². The zero-order chi connectivity index (χ0) is 10.3. The summed E-state index contributed by atoms with van der Waals surface area (Å²) in [5, 5.41) is 35.7. The van der Waals surface area contributed by atoms with Gasteiger partial charge in [0.15, 0.2) is 0 Å². The Hall–Kier alpha value is -1.49. The SMILES string of the molecule is N.O.O=C([O-])C(=O)[O-].O=C([O-])C(=O)[O-].[Ti+4]. The van der Waals surface area contributed by atoms with Crippen molar-refractivity contribution < 1.29 is 66.8 Å². The van der Waals surface area contributed by atoms with E-state index in [9.17, 15) is 0 Å². The van der Waals surface area contributed by atoms with E-state index in [0.717, 1.165) is 0 Å². The average molecular weight is 259 g/mol. The van der Waals surface area contributed by atoms with Gasteiger partial charge in [-0.2, -0.15) is 0 Å². The van der Waals surface area contributed by atoms with Gasteiger partial charge in [0.05, 0.1) is 23.9 Å². The third-order valence-corrected chi connectivity index (χ3v) is 0.333. The molecule has 10 nitrogen and oxygen atoms in total. The molecule has 15 heavy (non-hydrogen) atoms. The van der Waals surface area contributed by atoms with E-state index in [1.165, 1.54) is 0 Å². The molecule has 0 rings (SSSR count). The average Bonchev–Trinajstić information content (AvgIpc) is 1.88. The standard InChI is InChI=1S/2C2H2O4.H3N.H2O.Ti/c2*3-1(4)2(5)6;;;/h2*(H,3,4)(H,5,6);1H3;1H2;/q;;;;+4/p-4. The van der Waals surface area contributed by atoms with E-state index in [-0.39, 0.29) is 33.3 Å². The number of carbonyl (C=O) groups is 4. The van der Waals surface area contributed by atoms with E-state index in [2.05, 4.69) is 0 Å². The Morgan fingerprint density at radius 1 is 0.600 bits per heavy atom. The van der Waals surface area contributed by atoms with Gasteiger partial charge in [0.25, 0.3) is 0 Å². The molecule has 0 spiro atoms. The second kappa shape index (κ2) is 15.0. The van der Waals surface area contributed by atoms with Gasteiger partial charge < -0.3 is 51.2 Å². The normalized spacial score (nSPS) is 5.87. The fourth-order valence-corrected chi connectivity index (χ4v) is 0. The summed E-state index contributed by atoms with van der Waals surface area (Å²) < 4.78 is 0. The van der Waals surface area contributed by atoms with E-state index in [1.54, 1.807) is 0 Å².